The molecular weight excluding hydrogens is 329 g/mol. The Morgan fingerprint density at radius 1 is 1.00 bits per heavy atom. The van der Waals surface area contributed by atoms with Crippen molar-refractivity contribution < 1.29 is 18.4 Å². The number of rotatable bonds is 2. The van der Waals surface area contributed by atoms with Crippen LogP contribution in [0.25, 0.3) is 32.9 Å². The minimum atomic E-state index is -0.270. The van der Waals surface area contributed by atoms with Crippen molar-refractivity contribution in [2.75, 3.05) is 7.11 Å². The quantitative estimate of drug-likeness (QED) is 0.336. The molecule has 1 aliphatic rings. The van der Waals surface area contributed by atoms with Crippen LogP contribution in [0.4, 0.5) is 4.39 Å². The van der Waals surface area contributed by atoms with Gasteiger partial charge in [0.15, 0.2) is 0 Å². The third-order valence-electron chi connectivity index (χ3n) is 5.04. The largest absolute Gasteiger partial charge is 0.456 e. The number of aryl methyl sites for hydroxylation is 1. The van der Waals surface area contributed by atoms with E-state index in [-0.39, 0.29) is 5.82 Å². The van der Waals surface area contributed by atoms with Gasteiger partial charge in [0.25, 0.3) is 0 Å². The van der Waals surface area contributed by atoms with Crippen molar-refractivity contribution in [1.82, 2.24) is 0 Å². The molecule has 0 atom stereocenters. The van der Waals surface area contributed by atoms with Crippen LogP contribution in [0.5, 0.6) is 11.5 Å². The average molecular weight is 346 g/mol. The van der Waals surface area contributed by atoms with Crippen LogP contribution in [0.1, 0.15) is 5.56 Å². The van der Waals surface area contributed by atoms with Crippen LogP contribution in [-0.4, -0.2) is 7.11 Å². The lowest BCUT2D eigenvalue weighted by atomic mass is 9.95. The first kappa shape index (κ1) is 15.3. The lowest BCUT2D eigenvalue weighted by Crippen LogP contribution is -2.33. The Labute approximate surface area is 150 Å². The molecule has 26 heavy (non-hydrogen) atoms. The van der Waals surface area contributed by atoms with Crippen molar-refractivity contribution in [2.24, 2.45) is 7.05 Å². The molecule has 2 heterocycles. The molecule has 1 aromatic heterocycles. The molecule has 0 unspecified atom stereocenters. The Balaban J connectivity index is 1.97. The average Bonchev–Trinajstić information content (AvgIpc) is 2.65. The number of ether oxygens (including phenoxy) is 2. The zero-order valence-electron chi connectivity index (χ0n) is 14.5. The van der Waals surface area contributed by atoms with E-state index in [1.807, 2.05) is 19.2 Å². The van der Waals surface area contributed by atoms with Gasteiger partial charge in [0.1, 0.15) is 24.4 Å². The highest BCUT2D eigenvalue weighted by atomic mass is 19.1. The molecular formula is C22H17FNO2+. The minimum absolute atomic E-state index is 0.270. The maximum absolute atomic E-state index is 14.0. The van der Waals surface area contributed by atoms with Gasteiger partial charge in [0.2, 0.25) is 11.2 Å². The van der Waals surface area contributed by atoms with E-state index in [4.69, 9.17) is 9.47 Å². The third kappa shape index (κ3) is 2.06. The fraction of sp³-hybridized carbons (Fsp3) is 0.136. The summed E-state index contributed by atoms with van der Waals surface area (Å²) in [6.45, 7) is 0.553. The van der Waals surface area contributed by atoms with Crippen molar-refractivity contribution in [3.63, 3.8) is 0 Å². The second-order valence-corrected chi connectivity index (χ2v) is 6.61. The molecule has 4 heteroatoms. The van der Waals surface area contributed by atoms with Gasteiger partial charge in [-0.1, -0.05) is 18.2 Å². The molecule has 0 bridgehead atoms. The maximum atomic E-state index is 14.0. The number of hydrogen-bond donors (Lipinski definition) is 0. The van der Waals surface area contributed by atoms with Crippen LogP contribution in [0, 0.1) is 5.82 Å². The van der Waals surface area contributed by atoms with E-state index in [9.17, 15) is 4.39 Å². The maximum Gasteiger partial charge on any atom is 0.228 e. The van der Waals surface area contributed by atoms with Gasteiger partial charge < -0.3 is 9.47 Å². The summed E-state index contributed by atoms with van der Waals surface area (Å²) in [6.07, 6.45) is 0. The highest BCUT2D eigenvalue weighted by Crippen LogP contribution is 2.46. The van der Waals surface area contributed by atoms with Crippen LogP contribution < -0.4 is 9.30 Å². The van der Waals surface area contributed by atoms with Gasteiger partial charge in [-0.05, 0) is 35.9 Å². The van der Waals surface area contributed by atoms with Gasteiger partial charge in [0, 0.05) is 18.6 Å². The molecule has 0 radical (unpaired) electrons. The summed E-state index contributed by atoms with van der Waals surface area (Å²) in [4.78, 5) is 0. The normalized spacial score (nSPS) is 12.3. The summed E-state index contributed by atoms with van der Waals surface area (Å²) in [5.41, 5.74) is 3.93. The molecule has 4 aromatic rings. The molecule has 0 saturated heterocycles. The topological polar surface area (TPSA) is 22.3 Å². The number of hydrogen-bond acceptors (Lipinski definition) is 2. The summed E-state index contributed by atoms with van der Waals surface area (Å²) < 4.78 is 27.5. The third-order valence-corrected chi connectivity index (χ3v) is 5.04. The molecule has 0 aliphatic carbocycles. The lowest BCUT2D eigenvalue weighted by molar-refractivity contribution is -0.632. The van der Waals surface area contributed by atoms with Gasteiger partial charge in [0.05, 0.1) is 22.9 Å². The zero-order valence-corrected chi connectivity index (χ0v) is 14.5. The number of fused-ring (bicyclic) bond motifs is 4. The predicted octanol–water partition coefficient (Wildman–Crippen LogP) is 4.88. The predicted molar refractivity (Wildman–Crippen MR) is 98.8 cm³/mol. The minimum Gasteiger partial charge on any atom is -0.456 e. The van der Waals surface area contributed by atoms with Crippen molar-refractivity contribution in [2.45, 2.75) is 6.61 Å². The van der Waals surface area contributed by atoms with Crippen molar-refractivity contribution >= 4 is 21.7 Å². The van der Waals surface area contributed by atoms with Crippen LogP contribution in [0.2, 0.25) is 0 Å². The van der Waals surface area contributed by atoms with Crippen LogP contribution in [0.15, 0.2) is 54.6 Å². The fourth-order valence-electron chi connectivity index (χ4n) is 3.92. The Kier molecular flexibility index (Phi) is 3.24. The lowest BCUT2D eigenvalue weighted by Gasteiger charge is -2.20. The summed E-state index contributed by atoms with van der Waals surface area (Å²) in [6, 6.07) is 17.1. The number of pyridine rings is 1. The molecule has 3 aromatic carbocycles. The van der Waals surface area contributed by atoms with Gasteiger partial charge in [-0.3, -0.25) is 0 Å². The molecule has 3 nitrogen and oxygen atoms in total. The smallest absolute Gasteiger partial charge is 0.228 e. The van der Waals surface area contributed by atoms with Gasteiger partial charge in [-0.15, -0.1) is 0 Å². The molecule has 5 rings (SSSR count). The summed E-state index contributed by atoms with van der Waals surface area (Å²) >= 11 is 0. The molecule has 128 valence electrons. The van der Waals surface area contributed by atoms with E-state index in [0.717, 1.165) is 44.2 Å². The Bertz CT molecular complexity index is 1200. The zero-order chi connectivity index (χ0) is 17.8. The second kappa shape index (κ2) is 5.51. The van der Waals surface area contributed by atoms with Gasteiger partial charge in [-0.25, -0.2) is 4.39 Å². The van der Waals surface area contributed by atoms with E-state index < -0.39 is 0 Å². The monoisotopic (exact) mass is 346 g/mol. The number of halogens is 1. The molecule has 0 N–H and O–H groups in total. The molecule has 1 aliphatic heterocycles. The van der Waals surface area contributed by atoms with Crippen molar-refractivity contribution in [3.05, 3.63) is 66.0 Å². The SMILES string of the molecule is COCc1ccc2c3cccc4c3c([n+](C)c2c1)-c1cc(F)ccc1O4. The Hall–Kier alpha value is -2.98. The van der Waals surface area contributed by atoms with Crippen molar-refractivity contribution in [3.8, 4) is 22.8 Å². The van der Waals surface area contributed by atoms with E-state index in [1.165, 1.54) is 6.07 Å². The van der Waals surface area contributed by atoms with Crippen molar-refractivity contribution in [1.29, 1.82) is 0 Å². The second-order valence-electron chi connectivity index (χ2n) is 6.61. The first-order valence-corrected chi connectivity index (χ1v) is 8.51. The van der Waals surface area contributed by atoms with Crippen LogP contribution in [0.3, 0.4) is 0 Å². The highest BCUT2D eigenvalue weighted by molar-refractivity contribution is 6.12. The molecule has 0 fully saturated rings. The summed E-state index contributed by atoms with van der Waals surface area (Å²) in [5, 5.41) is 3.25. The van der Waals surface area contributed by atoms with Crippen LogP contribution >= 0.6 is 0 Å². The number of benzene rings is 3. The molecule has 0 spiro atoms. The summed E-state index contributed by atoms with van der Waals surface area (Å²) in [7, 11) is 3.71. The number of methoxy groups -OCH3 is 1. The van der Waals surface area contributed by atoms with Crippen LogP contribution in [-0.2, 0) is 18.4 Å². The van der Waals surface area contributed by atoms with E-state index in [2.05, 4.69) is 28.8 Å². The number of nitrogens with zero attached hydrogens (tertiary/aromatic N) is 1. The van der Waals surface area contributed by atoms with Gasteiger partial charge in [-0.2, -0.15) is 4.57 Å². The first-order chi connectivity index (χ1) is 12.7. The fourth-order valence-corrected chi connectivity index (χ4v) is 3.92. The standard InChI is InChI=1S/C22H17FNO2/c1-24-18-10-13(12-25-2)6-8-15(18)16-4-3-5-20-21(16)22(24)17-11-14(23)7-9-19(17)26-20/h3-11H,12H2,1-2H3/q+1. The molecule has 0 saturated carbocycles. The van der Waals surface area contributed by atoms with E-state index in [0.29, 0.717) is 12.4 Å². The number of aromatic nitrogens is 1. The van der Waals surface area contributed by atoms with Gasteiger partial charge >= 0.3 is 0 Å². The first-order valence-electron chi connectivity index (χ1n) is 8.51. The Morgan fingerprint density at radius 2 is 1.88 bits per heavy atom. The molecule has 0 amide bonds. The highest BCUT2D eigenvalue weighted by Gasteiger charge is 2.30. The van der Waals surface area contributed by atoms with E-state index >= 15 is 0 Å². The Morgan fingerprint density at radius 3 is 2.73 bits per heavy atom. The summed E-state index contributed by atoms with van der Waals surface area (Å²) in [5.74, 6) is 1.21. The van der Waals surface area contributed by atoms with E-state index in [1.54, 1.807) is 19.2 Å².